The number of benzene rings is 2. The van der Waals surface area contributed by atoms with Crippen LogP contribution in [-0.4, -0.2) is 42.4 Å². The van der Waals surface area contributed by atoms with E-state index >= 15 is 0 Å². The van der Waals surface area contributed by atoms with Crippen molar-refractivity contribution in [2.75, 3.05) is 31.1 Å². The Labute approximate surface area is 183 Å². The van der Waals surface area contributed by atoms with Gasteiger partial charge in [-0.05, 0) is 36.0 Å². The molecule has 3 rings (SSSR count). The molecule has 29 heavy (non-hydrogen) atoms. The summed E-state index contributed by atoms with van der Waals surface area (Å²) < 4.78 is 28.9. The Kier molecular flexibility index (Phi) is 7.23. The van der Waals surface area contributed by atoms with Crippen molar-refractivity contribution in [2.45, 2.75) is 6.54 Å². The largest absolute Gasteiger partial charge is 0.375 e. The molecule has 1 aliphatic rings. The number of hydrazone groups is 1. The Morgan fingerprint density at radius 3 is 2.48 bits per heavy atom. The molecule has 0 amide bonds. The van der Waals surface area contributed by atoms with Crippen molar-refractivity contribution in [3.8, 4) is 0 Å². The van der Waals surface area contributed by atoms with Gasteiger partial charge in [-0.25, -0.2) is 8.78 Å². The van der Waals surface area contributed by atoms with Gasteiger partial charge in [0.15, 0.2) is 5.11 Å². The molecule has 5 nitrogen and oxygen atoms in total. The van der Waals surface area contributed by atoms with E-state index in [-0.39, 0.29) is 16.4 Å². The van der Waals surface area contributed by atoms with Crippen LogP contribution in [0.1, 0.15) is 11.1 Å². The summed E-state index contributed by atoms with van der Waals surface area (Å²) in [4.78, 5) is 4.06. The second-order valence-electron chi connectivity index (χ2n) is 6.57. The SMILES string of the molecule is NC(=S)NN=Cc1cc(F)c(N2CCN(Cc3ccc(Cl)c(Cl)c3)CC2)cc1F. The Bertz CT molecular complexity index is 933. The van der Waals surface area contributed by atoms with Crippen LogP contribution < -0.4 is 16.1 Å². The summed E-state index contributed by atoms with van der Waals surface area (Å²) in [6.45, 7) is 3.29. The number of nitrogens with zero attached hydrogens (tertiary/aromatic N) is 3. The van der Waals surface area contributed by atoms with Crippen LogP contribution in [0.4, 0.5) is 14.5 Å². The van der Waals surface area contributed by atoms with E-state index < -0.39 is 11.6 Å². The molecule has 1 heterocycles. The van der Waals surface area contributed by atoms with E-state index in [0.29, 0.717) is 42.8 Å². The van der Waals surface area contributed by atoms with E-state index in [9.17, 15) is 8.78 Å². The smallest absolute Gasteiger partial charge is 0.184 e. The molecule has 3 N–H and O–H groups in total. The lowest BCUT2D eigenvalue weighted by molar-refractivity contribution is 0.249. The van der Waals surface area contributed by atoms with Gasteiger partial charge in [0.1, 0.15) is 11.6 Å². The van der Waals surface area contributed by atoms with Gasteiger partial charge in [-0.2, -0.15) is 5.10 Å². The topological polar surface area (TPSA) is 56.9 Å². The monoisotopic (exact) mass is 457 g/mol. The lowest BCUT2D eigenvalue weighted by atomic mass is 10.1. The summed E-state index contributed by atoms with van der Waals surface area (Å²) in [6, 6.07) is 7.85. The molecule has 0 bridgehead atoms. The fraction of sp³-hybridized carbons (Fsp3) is 0.263. The third-order valence-electron chi connectivity index (χ3n) is 4.55. The number of rotatable bonds is 5. The van der Waals surface area contributed by atoms with Gasteiger partial charge >= 0.3 is 0 Å². The van der Waals surface area contributed by atoms with Crippen LogP contribution in [0.2, 0.25) is 10.0 Å². The summed E-state index contributed by atoms with van der Waals surface area (Å²) in [5, 5.41) is 4.64. The zero-order valence-electron chi connectivity index (χ0n) is 15.3. The van der Waals surface area contributed by atoms with Gasteiger partial charge in [-0.1, -0.05) is 29.3 Å². The average Bonchev–Trinajstić information content (AvgIpc) is 2.68. The summed E-state index contributed by atoms with van der Waals surface area (Å²) >= 11 is 16.6. The number of anilines is 1. The summed E-state index contributed by atoms with van der Waals surface area (Å²) in [7, 11) is 0. The lowest BCUT2D eigenvalue weighted by Crippen LogP contribution is -2.46. The highest BCUT2D eigenvalue weighted by atomic mass is 35.5. The molecule has 1 aliphatic heterocycles. The summed E-state index contributed by atoms with van der Waals surface area (Å²) in [5.74, 6) is -1.09. The molecule has 2 aromatic rings. The zero-order chi connectivity index (χ0) is 21.0. The number of halogens is 4. The molecular weight excluding hydrogens is 439 g/mol. The fourth-order valence-corrected chi connectivity index (χ4v) is 3.47. The first kappa shape index (κ1) is 21.7. The molecular formula is C19H19Cl2F2N5S. The van der Waals surface area contributed by atoms with Crippen LogP contribution in [0.15, 0.2) is 35.4 Å². The Hall–Kier alpha value is -2.00. The molecule has 0 unspecified atom stereocenters. The maximum absolute atomic E-state index is 14.5. The van der Waals surface area contributed by atoms with Gasteiger partial charge in [0.2, 0.25) is 0 Å². The van der Waals surface area contributed by atoms with Gasteiger partial charge in [0.25, 0.3) is 0 Å². The standard InChI is InChI=1S/C19H19Cl2F2N5S/c20-14-2-1-12(7-15(14)21)11-27-3-5-28(6-4-27)18-9-16(22)13(8-17(18)23)10-25-26-19(24)29/h1-2,7-10H,3-6,11H2,(H3,24,26,29). The number of hydrogen-bond donors (Lipinski definition) is 2. The normalized spacial score (nSPS) is 15.1. The van der Waals surface area contributed by atoms with Crippen molar-refractivity contribution < 1.29 is 8.78 Å². The van der Waals surface area contributed by atoms with Crippen molar-refractivity contribution in [1.82, 2.24) is 10.3 Å². The minimum Gasteiger partial charge on any atom is -0.375 e. The van der Waals surface area contributed by atoms with Gasteiger partial charge in [-0.15, -0.1) is 0 Å². The molecule has 1 saturated heterocycles. The third-order valence-corrected chi connectivity index (χ3v) is 5.38. The predicted molar refractivity (Wildman–Crippen MR) is 118 cm³/mol. The van der Waals surface area contributed by atoms with Crippen molar-refractivity contribution in [3.05, 3.63) is 63.1 Å². The molecule has 0 aromatic heterocycles. The van der Waals surface area contributed by atoms with E-state index in [4.69, 9.17) is 28.9 Å². The molecule has 0 saturated carbocycles. The number of piperazine rings is 1. The predicted octanol–water partition coefficient (Wildman–Crippen LogP) is 3.76. The van der Waals surface area contributed by atoms with Crippen LogP contribution in [0.3, 0.4) is 0 Å². The van der Waals surface area contributed by atoms with Crippen LogP contribution in [0.5, 0.6) is 0 Å². The van der Waals surface area contributed by atoms with E-state index in [1.54, 1.807) is 6.07 Å². The fourth-order valence-electron chi connectivity index (χ4n) is 3.10. The molecule has 1 fully saturated rings. The van der Waals surface area contributed by atoms with Crippen molar-refractivity contribution >= 4 is 52.4 Å². The zero-order valence-corrected chi connectivity index (χ0v) is 17.7. The van der Waals surface area contributed by atoms with Gasteiger partial charge in [0.05, 0.1) is 21.9 Å². The van der Waals surface area contributed by atoms with Crippen molar-refractivity contribution in [3.63, 3.8) is 0 Å². The number of nitrogens with one attached hydrogen (secondary N) is 1. The first-order chi connectivity index (χ1) is 13.8. The van der Waals surface area contributed by atoms with Crippen LogP contribution in [0.25, 0.3) is 0 Å². The van der Waals surface area contributed by atoms with Gasteiger partial charge in [-0.3, -0.25) is 10.3 Å². The molecule has 0 aliphatic carbocycles. The third kappa shape index (κ3) is 5.76. The minimum atomic E-state index is -0.576. The molecule has 0 spiro atoms. The summed E-state index contributed by atoms with van der Waals surface area (Å²) in [6.07, 6.45) is 1.14. The van der Waals surface area contributed by atoms with E-state index in [1.165, 1.54) is 6.07 Å². The van der Waals surface area contributed by atoms with E-state index in [1.807, 2.05) is 17.0 Å². The molecule has 10 heteroatoms. The highest BCUT2D eigenvalue weighted by Gasteiger charge is 2.21. The molecule has 2 aromatic carbocycles. The quantitative estimate of drug-likeness (QED) is 0.406. The van der Waals surface area contributed by atoms with Gasteiger partial charge in [0, 0.05) is 44.4 Å². The number of nitrogens with two attached hydrogens (primary N) is 1. The Morgan fingerprint density at radius 1 is 1.10 bits per heavy atom. The second kappa shape index (κ2) is 9.67. The Morgan fingerprint density at radius 2 is 1.83 bits per heavy atom. The van der Waals surface area contributed by atoms with Crippen LogP contribution in [0, 0.1) is 11.6 Å². The average molecular weight is 458 g/mol. The Balaban J connectivity index is 1.62. The number of thiocarbonyl (C=S) groups is 1. The van der Waals surface area contributed by atoms with E-state index in [2.05, 4.69) is 27.6 Å². The van der Waals surface area contributed by atoms with E-state index in [0.717, 1.165) is 17.8 Å². The first-order valence-corrected chi connectivity index (χ1v) is 9.98. The maximum atomic E-state index is 14.5. The highest BCUT2D eigenvalue weighted by molar-refractivity contribution is 7.80. The molecule has 0 radical (unpaired) electrons. The van der Waals surface area contributed by atoms with Crippen molar-refractivity contribution in [1.29, 1.82) is 0 Å². The first-order valence-electron chi connectivity index (χ1n) is 8.82. The number of hydrogen-bond acceptors (Lipinski definition) is 4. The molecule has 154 valence electrons. The summed E-state index contributed by atoms with van der Waals surface area (Å²) in [5.41, 5.74) is 8.84. The second-order valence-corrected chi connectivity index (χ2v) is 7.83. The van der Waals surface area contributed by atoms with Crippen LogP contribution >= 0.6 is 35.4 Å². The minimum absolute atomic E-state index is 0.00764. The lowest BCUT2D eigenvalue weighted by Gasteiger charge is -2.36. The maximum Gasteiger partial charge on any atom is 0.184 e. The van der Waals surface area contributed by atoms with Gasteiger partial charge < -0.3 is 10.6 Å². The molecule has 0 atom stereocenters. The van der Waals surface area contributed by atoms with Crippen molar-refractivity contribution in [2.24, 2.45) is 10.8 Å². The highest BCUT2D eigenvalue weighted by Crippen LogP contribution is 2.26. The van der Waals surface area contributed by atoms with Crippen LogP contribution in [-0.2, 0) is 6.54 Å².